The van der Waals surface area contributed by atoms with Crippen LogP contribution in [0.15, 0.2) is 6.07 Å². The van der Waals surface area contributed by atoms with Crippen molar-refractivity contribution in [3.05, 3.63) is 17.5 Å². The average molecular weight is 222 g/mol. The largest absolute Gasteiger partial charge is 0.381 e. The Labute approximate surface area is 95.6 Å². The summed E-state index contributed by atoms with van der Waals surface area (Å²) in [6.45, 7) is 6.07. The highest BCUT2D eigenvalue weighted by Gasteiger charge is 2.21. The molecule has 1 aliphatic heterocycles. The molecule has 0 unspecified atom stereocenters. The fraction of sp³-hybridized carbons (Fsp3) is 0.667. The average Bonchev–Trinajstić information content (AvgIpc) is 2.74. The van der Waals surface area contributed by atoms with E-state index in [2.05, 4.69) is 12.0 Å². The zero-order chi connectivity index (χ0) is 11.5. The Morgan fingerprint density at radius 2 is 2.25 bits per heavy atom. The molecule has 88 valence electrons. The van der Waals surface area contributed by atoms with E-state index in [-0.39, 0.29) is 5.78 Å². The first-order valence-electron chi connectivity index (χ1n) is 5.88. The third-order valence-electron chi connectivity index (χ3n) is 3.11. The van der Waals surface area contributed by atoms with E-state index in [1.165, 1.54) is 5.69 Å². The lowest BCUT2D eigenvalue weighted by atomic mass is 9.96. The molecule has 0 spiro atoms. The Morgan fingerprint density at radius 1 is 1.56 bits per heavy atom. The lowest BCUT2D eigenvalue weighted by Gasteiger charge is -2.22. The van der Waals surface area contributed by atoms with Crippen molar-refractivity contribution < 1.29 is 9.53 Å². The van der Waals surface area contributed by atoms with Crippen LogP contribution in [0, 0.1) is 0 Å². The number of carbonyl (C=O) groups is 1. The van der Waals surface area contributed by atoms with Crippen molar-refractivity contribution in [2.45, 2.75) is 39.2 Å². The van der Waals surface area contributed by atoms with Crippen LogP contribution in [0.3, 0.4) is 0 Å². The monoisotopic (exact) mass is 222 g/mol. The molecule has 1 aromatic rings. The van der Waals surface area contributed by atoms with Gasteiger partial charge in [0, 0.05) is 38.3 Å². The molecule has 1 saturated heterocycles. The third-order valence-corrected chi connectivity index (χ3v) is 3.11. The molecule has 0 bridgehead atoms. The Kier molecular flexibility index (Phi) is 3.39. The second-order valence-electron chi connectivity index (χ2n) is 4.21. The number of Topliss-reactive ketones (excluding diaryl/α,β-unsaturated/α-hetero) is 1. The summed E-state index contributed by atoms with van der Waals surface area (Å²) in [6, 6.07) is 1.95. The van der Waals surface area contributed by atoms with Gasteiger partial charge >= 0.3 is 0 Å². The van der Waals surface area contributed by atoms with Gasteiger partial charge in [-0.15, -0.1) is 0 Å². The smallest absolute Gasteiger partial charge is 0.179 e. The number of hydrogen-bond donors (Lipinski definition) is 0. The van der Waals surface area contributed by atoms with Gasteiger partial charge in [0.15, 0.2) is 5.78 Å². The second-order valence-corrected chi connectivity index (χ2v) is 4.21. The predicted octanol–water partition coefficient (Wildman–Crippen LogP) is 2.00. The van der Waals surface area contributed by atoms with E-state index < -0.39 is 0 Å². The number of ether oxygens (including phenoxy) is 1. The molecule has 2 rings (SSSR count). The number of aromatic nitrogens is 2. The first-order valence-corrected chi connectivity index (χ1v) is 5.88. The van der Waals surface area contributed by atoms with Gasteiger partial charge in [0.25, 0.3) is 0 Å². The van der Waals surface area contributed by atoms with Crippen LogP contribution in [0.4, 0.5) is 0 Å². The van der Waals surface area contributed by atoms with Crippen molar-refractivity contribution in [2.24, 2.45) is 0 Å². The zero-order valence-electron chi connectivity index (χ0n) is 9.90. The van der Waals surface area contributed by atoms with E-state index in [1.54, 1.807) is 6.92 Å². The normalized spacial score (nSPS) is 17.6. The molecule has 1 aliphatic rings. The van der Waals surface area contributed by atoms with Crippen LogP contribution < -0.4 is 0 Å². The molecule has 0 aliphatic carbocycles. The topological polar surface area (TPSA) is 44.1 Å². The summed E-state index contributed by atoms with van der Waals surface area (Å²) in [5.41, 5.74) is 1.78. The lowest BCUT2D eigenvalue weighted by molar-refractivity contribution is 0.0835. The zero-order valence-corrected chi connectivity index (χ0v) is 9.90. The Bertz CT molecular complexity index is 378. The maximum atomic E-state index is 11.3. The molecular weight excluding hydrogens is 204 g/mol. The molecule has 0 saturated carbocycles. The van der Waals surface area contributed by atoms with Crippen LogP contribution in [-0.4, -0.2) is 28.8 Å². The van der Waals surface area contributed by atoms with Crippen molar-refractivity contribution in [3.63, 3.8) is 0 Å². The highest BCUT2D eigenvalue weighted by Crippen LogP contribution is 2.27. The summed E-state index contributed by atoms with van der Waals surface area (Å²) in [5.74, 6) is 0.537. The molecule has 4 heteroatoms. The fourth-order valence-electron chi connectivity index (χ4n) is 2.18. The summed E-state index contributed by atoms with van der Waals surface area (Å²) < 4.78 is 7.30. The molecule has 0 amide bonds. The number of rotatable bonds is 3. The molecular formula is C12H18N2O2. The summed E-state index contributed by atoms with van der Waals surface area (Å²) in [6.07, 6.45) is 2.06. The third kappa shape index (κ3) is 2.16. The van der Waals surface area contributed by atoms with Crippen molar-refractivity contribution >= 4 is 5.78 Å². The molecule has 0 aromatic carbocycles. The number of ketones is 1. The minimum atomic E-state index is 0.0421. The van der Waals surface area contributed by atoms with Gasteiger partial charge in [0.05, 0.1) is 0 Å². The lowest BCUT2D eigenvalue weighted by Crippen LogP contribution is -2.17. The van der Waals surface area contributed by atoms with Gasteiger partial charge < -0.3 is 4.74 Å². The first kappa shape index (κ1) is 11.3. The minimum Gasteiger partial charge on any atom is -0.381 e. The first-order chi connectivity index (χ1) is 7.72. The summed E-state index contributed by atoms with van der Waals surface area (Å²) in [5, 5.41) is 4.33. The maximum absolute atomic E-state index is 11.3. The van der Waals surface area contributed by atoms with Gasteiger partial charge in [-0.05, 0) is 25.8 Å². The van der Waals surface area contributed by atoms with Crippen LogP contribution in [-0.2, 0) is 11.3 Å². The molecule has 1 aromatic heterocycles. The number of nitrogens with zero attached hydrogens (tertiary/aromatic N) is 2. The van der Waals surface area contributed by atoms with Gasteiger partial charge in [-0.3, -0.25) is 9.48 Å². The van der Waals surface area contributed by atoms with Gasteiger partial charge in [0.2, 0.25) is 0 Å². The quantitative estimate of drug-likeness (QED) is 0.735. The number of carbonyl (C=O) groups excluding carboxylic acids is 1. The van der Waals surface area contributed by atoms with Gasteiger partial charge in [-0.1, -0.05) is 0 Å². The van der Waals surface area contributed by atoms with Gasteiger partial charge in [-0.2, -0.15) is 5.10 Å². The van der Waals surface area contributed by atoms with Crippen LogP contribution in [0.25, 0.3) is 0 Å². The Balaban J connectivity index is 2.26. The molecule has 16 heavy (non-hydrogen) atoms. The van der Waals surface area contributed by atoms with Crippen molar-refractivity contribution in [1.29, 1.82) is 0 Å². The van der Waals surface area contributed by atoms with Crippen molar-refractivity contribution in [3.8, 4) is 0 Å². The van der Waals surface area contributed by atoms with E-state index in [0.29, 0.717) is 11.6 Å². The Hall–Kier alpha value is -1.16. The standard InChI is InChI=1S/C12H18N2O2/c1-3-14-12(8-11(13-14)9(2)15)10-4-6-16-7-5-10/h8,10H,3-7H2,1-2H3. The highest BCUT2D eigenvalue weighted by molar-refractivity contribution is 5.92. The van der Waals surface area contributed by atoms with Gasteiger partial charge in [-0.25, -0.2) is 0 Å². The van der Waals surface area contributed by atoms with Crippen LogP contribution in [0.5, 0.6) is 0 Å². The van der Waals surface area contributed by atoms with Crippen LogP contribution >= 0.6 is 0 Å². The molecule has 2 heterocycles. The van der Waals surface area contributed by atoms with Crippen LogP contribution in [0.2, 0.25) is 0 Å². The van der Waals surface area contributed by atoms with Gasteiger partial charge in [0.1, 0.15) is 5.69 Å². The molecule has 0 atom stereocenters. The molecule has 1 fully saturated rings. The molecule has 4 nitrogen and oxygen atoms in total. The van der Waals surface area contributed by atoms with E-state index in [9.17, 15) is 4.79 Å². The minimum absolute atomic E-state index is 0.0421. The van der Waals surface area contributed by atoms with E-state index >= 15 is 0 Å². The molecule has 0 N–H and O–H groups in total. The summed E-state index contributed by atoms with van der Waals surface area (Å²) in [4.78, 5) is 11.3. The predicted molar refractivity (Wildman–Crippen MR) is 60.7 cm³/mol. The van der Waals surface area contributed by atoms with E-state index in [4.69, 9.17) is 4.74 Å². The van der Waals surface area contributed by atoms with E-state index in [0.717, 1.165) is 32.6 Å². The summed E-state index contributed by atoms with van der Waals surface area (Å²) in [7, 11) is 0. The summed E-state index contributed by atoms with van der Waals surface area (Å²) >= 11 is 0. The van der Waals surface area contributed by atoms with E-state index in [1.807, 2.05) is 10.7 Å². The molecule has 0 radical (unpaired) electrons. The Morgan fingerprint density at radius 3 is 2.81 bits per heavy atom. The van der Waals surface area contributed by atoms with Crippen molar-refractivity contribution in [2.75, 3.05) is 13.2 Å². The van der Waals surface area contributed by atoms with Crippen LogP contribution in [0.1, 0.15) is 48.8 Å². The SMILES string of the molecule is CCn1nc(C(C)=O)cc1C1CCOCC1. The second kappa shape index (κ2) is 4.78. The fourth-order valence-corrected chi connectivity index (χ4v) is 2.18. The highest BCUT2D eigenvalue weighted by atomic mass is 16.5. The number of hydrogen-bond acceptors (Lipinski definition) is 3. The van der Waals surface area contributed by atoms with Crippen molar-refractivity contribution in [1.82, 2.24) is 9.78 Å². The maximum Gasteiger partial charge on any atom is 0.179 e. The number of aryl methyl sites for hydroxylation is 1.